The van der Waals surface area contributed by atoms with E-state index < -0.39 is 52.8 Å². The number of ether oxygens (including phenoxy) is 9. The number of aromatic amines is 2. The monoisotopic (exact) mass is 965 g/mol. The van der Waals surface area contributed by atoms with E-state index in [1.807, 2.05) is 18.2 Å². The fourth-order valence-corrected chi connectivity index (χ4v) is 7.64. The number of nitrogens with zero attached hydrogens (tertiary/aromatic N) is 3. The Kier molecular flexibility index (Phi) is 16.6. The summed E-state index contributed by atoms with van der Waals surface area (Å²) in [5.74, 6) is -8.14. The predicted molar refractivity (Wildman–Crippen MR) is 233 cm³/mol. The summed E-state index contributed by atoms with van der Waals surface area (Å²) in [7, 11) is 4.85. The average molecular weight is 966 g/mol. The van der Waals surface area contributed by atoms with E-state index in [9.17, 15) is 33.6 Å². The molecule has 23 nitrogen and oxygen atoms in total. The van der Waals surface area contributed by atoms with Crippen LogP contribution in [-0.4, -0.2) is 140 Å². The van der Waals surface area contributed by atoms with Gasteiger partial charge in [0, 0.05) is 47.5 Å². The first-order chi connectivity index (χ1) is 33.8. The van der Waals surface area contributed by atoms with Crippen LogP contribution >= 0.6 is 0 Å². The largest absolute Gasteiger partial charge is 0.465 e. The number of carbonyl (C=O) groups is 7. The minimum Gasteiger partial charge on any atom is -0.465 e. The number of fused-ring (bicyclic) bond motifs is 8. The smallest absolute Gasteiger partial charge is 0.373 e. The van der Waals surface area contributed by atoms with Crippen LogP contribution < -0.4 is 0 Å². The van der Waals surface area contributed by atoms with Crippen molar-refractivity contribution in [2.24, 2.45) is 0 Å². The Hall–Kier alpha value is -8.18. The molecule has 2 saturated heterocycles. The Morgan fingerprint density at radius 2 is 1.19 bits per heavy atom. The molecule has 2 aliphatic carbocycles. The van der Waals surface area contributed by atoms with Crippen molar-refractivity contribution in [3.8, 4) is 22.5 Å². The number of unbranched alkanes of at least 4 members (excludes halogenated alkanes) is 1. The third-order valence-electron chi connectivity index (χ3n) is 10.6. The fourth-order valence-electron chi connectivity index (χ4n) is 7.64. The fraction of sp³-hybridized carbons (Fsp3) is 0.298. The molecule has 4 aliphatic rings. The second kappa shape index (κ2) is 22.7. The van der Waals surface area contributed by atoms with E-state index in [1.165, 1.54) is 58.9 Å². The van der Waals surface area contributed by atoms with Gasteiger partial charge in [0.25, 0.3) is 11.6 Å². The summed E-state index contributed by atoms with van der Waals surface area (Å²) < 4.78 is 47.3. The molecule has 2 N–H and O–H groups in total. The molecule has 2 aliphatic heterocycles. The molecular formula is C47H43N5O18. The molecule has 0 unspecified atom stereocenters. The van der Waals surface area contributed by atoms with E-state index in [1.54, 1.807) is 18.5 Å². The quantitative estimate of drug-likeness (QED) is 0.0626. The van der Waals surface area contributed by atoms with Crippen LogP contribution in [0.3, 0.4) is 0 Å². The molecule has 0 aromatic carbocycles. The molecule has 70 heavy (non-hydrogen) atoms. The number of hydrogen-bond acceptors (Lipinski definition) is 21. The Morgan fingerprint density at radius 3 is 1.64 bits per heavy atom. The zero-order valence-corrected chi connectivity index (χ0v) is 37.9. The first kappa shape index (κ1) is 51.2. The zero-order chi connectivity index (χ0) is 50.6. The number of rotatable bonds is 11. The van der Waals surface area contributed by atoms with Gasteiger partial charge in [0.05, 0.1) is 77.4 Å². The summed E-state index contributed by atoms with van der Waals surface area (Å²) in [5, 5.41) is 0. The van der Waals surface area contributed by atoms with Crippen molar-refractivity contribution in [3.05, 3.63) is 124 Å². The summed E-state index contributed by atoms with van der Waals surface area (Å²) >= 11 is 0. The van der Waals surface area contributed by atoms with Gasteiger partial charge >= 0.3 is 30.0 Å². The molecule has 0 amide bonds. The lowest BCUT2D eigenvalue weighted by Crippen LogP contribution is -2.41. The lowest BCUT2D eigenvalue weighted by molar-refractivity contribution is -0.191. The SMILES string of the molecule is C=CCCCOCC(=O)c1cc(C(=O)OC)c2c(n1)C(=O)C1(OCCO1)c1cc(C(=O)OC)[nH]c1-2.COC(=O)c1cc2c([nH]1)-c1c(C(=O)OC)ccnc1C(=O)C21OCCO1.O=C=O.c1ccncc1. The molecule has 0 bridgehead atoms. The van der Waals surface area contributed by atoms with Gasteiger partial charge in [-0.3, -0.25) is 24.4 Å². The minimum atomic E-state index is -1.88. The molecule has 9 rings (SSSR count). The maximum absolute atomic E-state index is 13.7. The first-order valence-electron chi connectivity index (χ1n) is 20.9. The second-order valence-electron chi connectivity index (χ2n) is 14.6. The van der Waals surface area contributed by atoms with Crippen molar-refractivity contribution in [2.75, 3.05) is 68.1 Å². The van der Waals surface area contributed by atoms with Crippen LogP contribution in [0, 0.1) is 0 Å². The van der Waals surface area contributed by atoms with Crippen LogP contribution in [0.25, 0.3) is 22.5 Å². The molecule has 7 heterocycles. The first-order valence-corrected chi connectivity index (χ1v) is 20.9. The summed E-state index contributed by atoms with van der Waals surface area (Å²) in [6.45, 7) is 4.30. The minimum absolute atomic E-state index is 0.000524. The number of nitrogens with one attached hydrogen (secondary N) is 2. The number of ketones is 3. The number of pyridine rings is 3. The molecule has 5 aromatic heterocycles. The molecule has 0 radical (unpaired) electrons. The number of Topliss-reactive ketones (excluding diaryl/α,β-unsaturated/α-hetero) is 3. The summed E-state index contributed by atoms with van der Waals surface area (Å²) in [5.41, 5.74) is 1.11. The lowest BCUT2D eigenvalue weighted by atomic mass is 9.84. The average Bonchev–Trinajstić information content (AvgIpc) is 4.25. The number of carbonyl (C=O) groups excluding carboxylic acids is 9. The van der Waals surface area contributed by atoms with Crippen molar-refractivity contribution in [1.29, 1.82) is 0 Å². The normalized spacial score (nSPS) is 14.8. The van der Waals surface area contributed by atoms with Crippen molar-refractivity contribution in [1.82, 2.24) is 24.9 Å². The van der Waals surface area contributed by atoms with Gasteiger partial charge in [-0.1, -0.05) is 12.1 Å². The van der Waals surface area contributed by atoms with E-state index >= 15 is 0 Å². The highest BCUT2D eigenvalue weighted by Crippen LogP contribution is 2.49. The number of methoxy groups -OCH3 is 4. The van der Waals surface area contributed by atoms with Crippen molar-refractivity contribution >= 4 is 47.4 Å². The Morgan fingerprint density at radius 1 is 0.700 bits per heavy atom. The number of allylic oxidation sites excluding steroid dienone is 1. The Labute approximate surface area is 396 Å². The van der Waals surface area contributed by atoms with Crippen LogP contribution in [0.2, 0.25) is 0 Å². The molecule has 364 valence electrons. The standard InChI is InChI=1S/C24H24N2O9.C17H14N2O7.C5H5N.CO2/c1-4-5-6-7-33-12-17(27)15-10-13(22(29)31-2)18-19-14(11-16(26-19)23(30)32-3)24(34-8-9-35-24)21(28)20(18)25-15;1-23-15(21)8-3-4-18-13-11(8)12-9(7-10(19-12)16(22)24-2)17(14(13)20)25-5-6-26-17;1-2-4-6-5-3-1;2-1-3/h4,10-11,26H,1,5-9,12H2,2-3H3;3-4,7,19H,5-6H2,1-2H3;1-5H;. The van der Waals surface area contributed by atoms with Crippen LogP contribution in [0.5, 0.6) is 0 Å². The van der Waals surface area contributed by atoms with Gasteiger partial charge in [-0.05, 0) is 49.2 Å². The van der Waals surface area contributed by atoms with E-state index in [0.29, 0.717) is 24.3 Å². The predicted octanol–water partition coefficient (Wildman–Crippen LogP) is 3.76. The van der Waals surface area contributed by atoms with Crippen LogP contribution in [0.1, 0.15) is 97.1 Å². The lowest BCUT2D eigenvalue weighted by Gasteiger charge is -2.31. The summed E-state index contributed by atoms with van der Waals surface area (Å²) in [4.78, 5) is 123. The van der Waals surface area contributed by atoms with Gasteiger partial charge in [0.1, 0.15) is 35.1 Å². The Balaban J connectivity index is 0.000000200. The van der Waals surface area contributed by atoms with Crippen molar-refractivity contribution < 1.29 is 85.8 Å². The second-order valence-corrected chi connectivity index (χ2v) is 14.6. The van der Waals surface area contributed by atoms with Gasteiger partial charge in [0.15, 0.2) is 0 Å². The van der Waals surface area contributed by atoms with Crippen molar-refractivity contribution in [2.45, 2.75) is 24.4 Å². The highest BCUT2D eigenvalue weighted by molar-refractivity contribution is 6.16. The maximum atomic E-state index is 13.7. The van der Waals surface area contributed by atoms with E-state index in [0.717, 1.165) is 6.42 Å². The molecule has 5 aromatic rings. The highest BCUT2D eigenvalue weighted by atomic mass is 16.7. The van der Waals surface area contributed by atoms with E-state index in [2.05, 4.69) is 31.5 Å². The number of H-pyrrole nitrogens is 2. The molecule has 0 atom stereocenters. The molecule has 23 heteroatoms. The van der Waals surface area contributed by atoms with Crippen LogP contribution in [0.15, 0.2) is 73.7 Å². The third-order valence-corrected chi connectivity index (χ3v) is 10.6. The molecular weight excluding hydrogens is 923 g/mol. The zero-order valence-electron chi connectivity index (χ0n) is 37.9. The van der Waals surface area contributed by atoms with Gasteiger partial charge in [-0.15, -0.1) is 6.58 Å². The van der Waals surface area contributed by atoms with E-state index in [-0.39, 0.29) is 101 Å². The van der Waals surface area contributed by atoms with Gasteiger partial charge < -0.3 is 52.6 Å². The van der Waals surface area contributed by atoms with Crippen molar-refractivity contribution in [3.63, 3.8) is 0 Å². The van der Waals surface area contributed by atoms with Gasteiger partial charge in [-0.25, -0.2) is 24.2 Å². The number of aromatic nitrogens is 5. The van der Waals surface area contributed by atoms with Crippen LogP contribution in [-0.2, 0) is 63.8 Å². The topological polar surface area (TPSA) is 307 Å². The van der Waals surface area contributed by atoms with Crippen LogP contribution in [0.4, 0.5) is 0 Å². The van der Waals surface area contributed by atoms with E-state index in [4.69, 9.17) is 52.2 Å². The van der Waals surface area contributed by atoms with Gasteiger partial charge in [-0.2, -0.15) is 9.59 Å². The highest BCUT2D eigenvalue weighted by Gasteiger charge is 2.56. The molecule has 2 spiro atoms. The van der Waals surface area contributed by atoms with Gasteiger partial charge in [0.2, 0.25) is 17.3 Å². The maximum Gasteiger partial charge on any atom is 0.373 e. The number of esters is 4. The summed E-state index contributed by atoms with van der Waals surface area (Å²) in [6.07, 6.45) is 8.25. The summed E-state index contributed by atoms with van der Waals surface area (Å²) in [6, 6.07) is 11.2. The Bertz CT molecular complexity index is 2820. The third kappa shape index (κ3) is 9.87. The molecule has 0 saturated carbocycles. The number of hydrogen-bond donors (Lipinski definition) is 2. The molecule has 2 fully saturated rings.